The van der Waals surface area contributed by atoms with Crippen molar-refractivity contribution in [2.24, 2.45) is 0 Å². The normalized spacial score (nSPS) is 11.0. The van der Waals surface area contributed by atoms with Gasteiger partial charge in [0.15, 0.2) is 5.76 Å². The summed E-state index contributed by atoms with van der Waals surface area (Å²) in [6.45, 7) is 2.01. The van der Waals surface area contributed by atoms with E-state index in [2.05, 4.69) is 0 Å². The third-order valence-electron chi connectivity index (χ3n) is 4.55. The van der Waals surface area contributed by atoms with Gasteiger partial charge in [-0.05, 0) is 37.3 Å². The van der Waals surface area contributed by atoms with Crippen molar-refractivity contribution in [1.82, 2.24) is 0 Å². The lowest BCUT2D eigenvalue weighted by atomic mass is 10.1. The number of fused-ring (bicyclic) bond motifs is 1. The average molecular weight is 446 g/mol. The SMILES string of the molecule is Cc1ccc(-c2oc3ccc(Cl)cc3c(=O)c2OCc2c(Cl)cccc2Cl)cc1. The molecule has 146 valence electrons. The second-order valence-corrected chi connectivity index (χ2v) is 7.84. The fourth-order valence-electron chi connectivity index (χ4n) is 2.99. The Hall–Kier alpha value is -2.46. The Balaban J connectivity index is 1.87. The maximum Gasteiger partial charge on any atom is 0.235 e. The molecule has 1 aromatic heterocycles. The first-order valence-corrected chi connectivity index (χ1v) is 9.96. The number of hydrogen-bond donors (Lipinski definition) is 0. The van der Waals surface area contributed by atoms with Crippen LogP contribution >= 0.6 is 34.8 Å². The van der Waals surface area contributed by atoms with Gasteiger partial charge in [-0.15, -0.1) is 0 Å². The molecule has 6 heteroatoms. The maximum absolute atomic E-state index is 13.2. The summed E-state index contributed by atoms with van der Waals surface area (Å²) in [5.74, 6) is 0.424. The van der Waals surface area contributed by atoms with Crippen LogP contribution in [0.25, 0.3) is 22.3 Å². The molecule has 0 unspecified atom stereocenters. The molecule has 3 nitrogen and oxygen atoms in total. The van der Waals surface area contributed by atoms with Crippen molar-refractivity contribution >= 4 is 45.8 Å². The summed E-state index contributed by atoms with van der Waals surface area (Å²) >= 11 is 18.6. The number of benzene rings is 3. The molecule has 1 heterocycles. The lowest BCUT2D eigenvalue weighted by molar-refractivity contribution is 0.298. The fourth-order valence-corrected chi connectivity index (χ4v) is 3.67. The molecule has 0 radical (unpaired) electrons. The summed E-state index contributed by atoms with van der Waals surface area (Å²) < 4.78 is 12.0. The molecule has 29 heavy (non-hydrogen) atoms. The first-order chi connectivity index (χ1) is 13.9. The highest BCUT2D eigenvalue weighted by Crippen LogP contribution is 2.33. The summed E-state index contributed by atoms with van der Waals surface area (Å²) in [4.78, 5) is 13.2. The van der Waals surface area contributed by atoms with E-state index in [-0.39, 0.29) is 17.8 Å². The quantitative estimate of drug-likeness (QED) is 0.330. The standard InChI is InChI=1S/C23H15Cl3O3/c1-13-5-7-14(8-6-13)22-23(28-12-17-18(25)3-2-4-19(17)26)21(27)16-11-15(24)9-10-20(16)29-22/h2-11H,12H2,1H3. The monoisotopic (exact) mass is 444 g/mol. The molecule has 4 rings (SSSR count). The van der Waals surface area contributed by atoms with Crippen LogP contribution in [0.5, 0.6) is 5.75 Å². The van der Waals surface area contributed by atoms with Crippen LogP contribution in [0.15, 0.2) is 69.9 Å². The molecule has 3 aromatic carbocycles. The van der Waals surface area contributed by atoms with Gasteiger partial charge >= 0.3 is 0 Å². The summed E-state index contributed by atoms with van der Waals surface area (Å²) in [6.07, 6.45) is 0. The number of aryl methyl sites for hydroxylation is 1. The smallest absolute Gasteiger partial charge is 0.235 e. The highest BCUT2D eigenvalue weighted by Gasteiger charge is 2.19. The lowest BCUT2D eigenvalue weighted by Gasteiger charge is -2.13. The Morgan fingerprint density at radius 1 is 0.931 bits per heavy atom. The van der Waals surface area contributed by atoms with E-state index in [0.717, 1.165) is 11.1 Å². The van der Waals surface area contributed by atoms with Crippen molar-refractivity contribution in [2.75, 3.05) is 0 Å². The minimum Gasteiger partial charge on any atom is -0.481 e. The molecule has 0 N–H and O–H groups in total. The molecule has 0 spiro atoms. The lowest BCUT2D eigenvalue weighted by Crippen LogP contribution is -2.10. The third kappa shape index (κ3) is 3.99. The Kier molecular flexibility index (Phi) is 5.55. The number of ether oxygens (including phenoxy) is 1. The van der Waals surface area contributed by atoms with Crippen LogP contribution in [-0.2, 0) is 6.61 Å². The van der Waals surface area contributed by atoms with Gasteiger partial charge < -0.3 is 9.15 Å². The molecule has 0 atom stereocenters. The highest BCUT2D eigenvalue weighted by atomic mass is 35.5. The van der Waals surface area contributed by atoms with Gasteiger partial charge in [-0.1, -0.05) is 70.7 Å². The van der Waals surface area contributed by atoms with Crippen LogP contribution in [0.4, 0.5) is 0 Å². The molecular formula is C23H15Cl3O3. The molecule has 0 bridgehead atoms. The van der Waals surface area contributed by atoms with E-state index in [1.54, 1.807) is 36.4 Å². The van der Waals surface area contributed by atoms with Crippen molar-refractivity contribution in [3.8, 4) is 17.1 Å². The minimum atomic E-state index is -0.312. The number of halogens is 3. The largest absolute Gasteiger partial charge is 0.481 e. The first-order valence-electron chi connectivity index (χ1n) is 8.83. The predicted molar refractivity (Wildman–Crippen MR) is 118 cm³/mol. The van der Waals surface area contributed by atoms with Gasteiger partial charge in [-0.25, -0.2) is 0 Å². The van der Waals surface area contributed by atoms with Crippen molar-refractivity contribution in [2.45, 2.75) is 13.5 Å². The van der Waals surface area contributed by atoms with E-state index < -0.39 is 0 Å². The van der Waals surface area contributed by atoms with Gasteiger partial charge in [-0.2, -0.15) is 0 Å². The van der Waals surface area contributed by atoms with E-state index in [1.807, 2.05) is 31.2 Å². The molecule has 4 aromatic rings. The van der Waals surface area contributed by atoms with Gasteiger partial charge in [0.2, 0.25) is 11.2 Å². The minimum absolute atomic E-state index is 0.0220. The zero-order valence-corrected chi connectivity index (χ0v) is 17.6. The van der Waals surface area contributed by atoms with E-state index in [0.29, 0.717) is 37.4 Å². The first kappa shape index (κ1) is 19.8. The summed E-state index contributed by atoms with van der Waals surface area (Å²) in [7, 11) is 0. The van der Waals surface area contributed by atoms with E-state index in [9.17, 15) is 4.79 Å². The van der Waals surface area contributed by atoms with Crippen LogP contribution < -0.4 is 10.2 Å². The molecule has 0 amide bonds. The number of rotatable bonds is 4. The second-order valence-electron chi connectivity index (χ2n) is 6.58. The average Bonchev–Trinajstić information content (AvgIpc) is 2.70. The zero-order valence-electron chi connectivity index (χ0n) is 15.3. The van der Waals surface area contributed by atoms with Gasteiger partial charge in [0.05, 0.1) is 5.39 Å². The molecule has 0 aliphatic heterocycles. The van der Waals surface area contributed by atoms with Gasteiger partial charge in [-0.3, -0.25) is 4.79 Å². The van der Waals surface area contributed by atoms with Crippen LogP contribution in [0.2, 0.25) is 15.1 Å². The van der Waals surface area contributed by atoms with Crippen molar-refractivity contribution in [3.63, 3.8) is 0 Å². The second kappa shape index (κ2) is 8.11. The summed E-state index contributed by atoms with van der Waals surface area (Å²) in [6, 6.07) is 17.7. The Morgan fingerprint density at radius 2 is 1.62 bits per heavy atom. The molecule has 0 aliphatic carbocycles. The van der Waals surface area contributed by atoms with Crippen LogP contribution in [0.1, 0.15) is 11.1 Å². The van der Waals surface area contributed by atoms with Crippen LogP contribution in [-0.4, -0.2) is 0 Å². The number of hydrogen-bond acceptors (Lipinski definition) is 3. The van der Waals surface area contributed by atoms with Crippen LogP contribution in [0, 0.1) is 6.92 Å². The summed E-state index contributed by atoms with van der Waals surface area (Å²) in [5.41, 5.74) is 2.53. The Bertz CT molecular complexity index is 1240. The van der Waals surface area contributed by atoms with E-state index in [1.165, 1.54) is 0 Å². The van der Waals surface area contributed by atoms with Gasteiger partial charge in [0, 0.05) is 26.2 Å². The Morgan fingerprint density at radius 3 is 2.31 bits per heavy atom. The van der Waals surface area contributed by atoms with Crippen molar-refractivity contribution in [3.05, 3.63) is 97.1 Å². The van der Waals surface area contributed by atoms with Crippen molar-refractivity contribution in [1.29, 1.82) is 0 Å². The topological polar surface area (TPSA) is 39.4 Å². The van der Waals surface area contributed by atoms with Gasteiger partial charge in [0.1, 0.15) is 12.2 Å². The molecule has 0 fully saturated rings. The highest BCUT2D eigenvalue weighted by molar-refractivity contribution is 6.36. The van der Waals surface area contributed by atoms with E-state index >= 15 is 0 Å². The van der Waals surface area contributed by atoms with E-state index in [4.69, 9.17) is 44.0 Å². The van der Waals surface area contributed by atoms with Crippen LogP contribution in [0.3, 0.4) is 0 Å². The predicted octanol–water partition coefficient (Wildman–Crippen LogP) is 7.31. The summed E-state index contributed by atoms with van der Waals surface area (Å²) in [5, 5.41) is 1.70. The Labute approximate surface area is 182 Å². The van der Waals surface area contributed by atoms with Gasteiger partial charge in [0.25, 0.3) is 0 Å². The molecule has 0 aliphatic rings. The zero-order chi connectivity index (χ0) is 20.5. The molecule has 0 saturated carbocycles. The maximum atomic E-state index is 13.2. The third-order valence-corrected chi connectivity index (χ3v) is 5.49. The molecular weight excluding hydrogens is 431 g/mol. The fraction of sp³-hybridized carbons (Fsp3) is 0.0870. The molecule has 0 saturated heterocycles. The van der Waals surface area contributed by atoms with Crippen molar-refractivity contribution < 1.29 is 9.15 Å².